The molecule has 134 valence electrons. The Morgan fingerprint density at radius 1 is 1.20 bits per heavy atom. The smallest absolute Gasteiger partial charge is 0.257 e. The van der Waals surface area contributed by atoms with Gasteiger partial charge in [-0.15, -0.1) is 0 Å². The summed E-state index contributed by atoms with van der Waals surface area (Å²) in [6, 6.07) is 9.91. The van der Waals surface area contributed by atoms with Gasteiger partial charge in [-0.25, -0.2) is 0 Å². The predicted molar refractivity (Wildman–Crippen MR) is 96.7 cm³/mol. The van der Waals surface area contributed by atoms with E-state index in [4.69, 9.17) is 9.47 Å². The van der Waals surface area contributed by atoms with E-state index < -0.39 is 0 Å². The highest BCUT2D eigenvalue weighted by molar-refractivity contribution is 5.77. The molecular weight excluding hydrogens is 318 g/mol. The van der Waals surface area contributed by atoms with Crippen molar-refractivity contribution in [2.45, 2.75) is 26.4 Å². The minimum Gasteiger partial charge on any atom is -0.493 e. The maximum absolute atomic E-state index is 11.5. The first-order valence-corrected chi connectivity index (χ1v) is 8.33. The molecule has 1 atom stereocenters. The zero-order chi connectivity index (χ0) is 18.1. The Kier molecular flexibility index (Phi) is 7.22. The number of aromatic nitrogens is 1. The summed E-state index contributed by atoms with van der Waals surface area (Å²) in [4.78, 5) is 15.5. The van der Waals surface area contributed by atoms with E-state index in [0.717, 1.165) is 5.56 Å². The fourth-order valence-corrected chi connectivity index (χ4v) is 2.37. The van der Waals surface area contributed by atoms with Crippen LogP contribution in [-0.2, 0) is 11.3 Å². The van der Waals surface area contributed by atoms with Gasteiger partial charge in [-0.05, 0) is 49.2 Å². The highest BCUT2D eigenvalue weighted by Gasteiger charge is 2.09. The molecule has 0 aliphatic heterocycles. The molecule has 1 heterocycles. The van der Waals surface area contributed by atoms with Gasteiger partial charge in [0.05, 0.1) is 7.11 Å². The summed E-state index contributed by atoms with van der Waals surface area (Å²) >= 11 is 0. The molecule has 0 bridgehead atoms. The van der Waals surface area contributed by atoms with E-state index in [1.54, 1.807) is 19.5 Å². The normalized spacial score (nSPS) is 11.6. The van der Waals surface area contributed by atoms with Crippen molar-refractivity contribution in [3.63, 3.8) is 0 Å². The molecule has 1 aromatic carbocycles. The average molecular weight is 343 g/mol. The van der Waals surface area contributed by atoms with Crippen LogP contribution in [0.5, 0.6) is 11.5 Å². The molecule has 0 radical (unpaired) electrons. The van der Waals surface area contributed by atoms with E-state index in [1.165, 1.54) is 5.56 Å². The lowest BCUT2D eigenvalue weighted by Gasteiger charge is -2.16. The lowest BCUT2D eigenvalue weighted by molar-refractivity contribution is -0.123. The second kappa shape index (κ2) is 9.64. The third-order valence-electron chi connectivity index (χ3n) is 3.78. The monoisotopic (exact) mass is 343 g/mol. The van der Waals surface area contributed by atoms with Crippen molar-refractivity contribution < 1.29 is 14.3 Å². The van der Waals surface area contributed by atoms with E-state index in [-0.39, 0.29) is 18.6 Å². The minimum atomic E-state index is -0.151. The van der Waals surface area contributed by atoms with Gasteiger partial charge in [0.25, 0.3) is 5.91 Å². The van der Waals surface area contributed by atoms with Crippen LogP contribution in [0, 0.1) is 0 Å². The first-order chi connectivity index (χ1) is 12.1. The molecule has 0 aliphatic carbocycles. The number of benzene rings is 1. The summed E-state index contributed by atoms with van der Waals surface area (Å²) in [5.74, 6) is 1.02. The third-order valence-corrected chi connectivity index (χ3v) is 3.78. The second-order valence-corrected chi connectivity index (χ2v) is 5.61. The van der Waals surface area contributed by atoms with Crippen LogP contribution >= 0.6 is 0 Å². The Morgan fingerprint density at radius 3 is 2.64 bits per heavy atom. The van der Waals surface area contributed by atoms with Gasteiger partial charge in [-0.3, -0.25) is 9.78 Å². The van der Waals surface area contributed by atoms with Crippen LogP contribution in [-0.4, -0.2) is 31.2 Å². The third kappa shape index (κ3) is 5.76. The van der Waals surface area contributed by atoms with Crippen LogP contribution in [0.2, 0.25) is 0 Å². The fourth-order valence-electron chi connectivity index (χ4n) is 2.37. The van der Waals surface area contributed by atoms with Crippen LogP contribution in [0.1, 0.15) is 31.0 Å². The zero-order valence-electron chi connectivity index (χ0n) is 14.9. The summed E-state index contributed by atoms with van der Waals surface area (Å²) in [5, 5.41) is 6.16. The van der Waals surface area contributed by atoms with Gasteiger partial charge in [0.1, 0.15) is 0 Å². The van der Waals surface area contributed by atoms with E-state index >= 15 is 0 Å². The number of carbonyl (C=O) groups excluding carboxylic acids is 1. The molecule has 2 N–H and O–H groups in total. The average Bonchev–Trinajstić information content (AvgIpc) is 2.65. The molecule has 25 heavy (non-hydrogen) atoms. The molecule has 0 saturated heterocycles. The van der Waals surface area contributed by atoms with Crippen LogP contribution in [0.4, 0.5) is 0 Å². The number of nitrogens with one attached hydrogen (secondary N) is 2. The van der Waals surface area contributed by atoms with E-state index in [2.05, 4.69) is 22.5 Å². The molecule has 0 aliphatic rings. The van der Waals surface area contributed by atoms with Crippen molar-refractivity contribution in [1.82, 2.24) is 15.6 Å². The number of ether oxygens (including phenoxy) is 2. The van der Waals surface area contributed by atoms with Crippen molar-refractivity contribution >= 4 is 5.91 Å². The molecule has 2 rings (SSSR count). The maximum atomic E-state index is 11.5. The Labute approximate surface area is 148 Å². The molecule has 0 spiro atoms. The number of pyridine rings is 1. The second-order valence-electron chi connectivity index (χ2n) is 5.61. The van der Waals surface area contributed by atoms with Crippen LogP contribution in [0.25, 0.3) is 0 Å². The lowest BCUT2D eigenvalue weighted by atomic mass is 10.1. The topological polar surface area (TPSA) is 72.5 Å². The Balaban J connectivity index is 1.95. The minimum absolute atomic E-state index is 0.0269. The Hall–Kier alpha value is -2.60. The number of hydrogen-bond acceptors (Lipinski definition) is 5. The largest absolute Gasteiger partial charge is 0.493 e. The number of carbonyl (C=O) groups is 1. The number of nitrogens with zero attached hydrogens (tertiary/aromatic N) is 1. The first-order valence-electron chi connectivity index (χ1n) is 8.33. The molecule has 1 aromatic heterocycles. The summed E-state index contributed by atoms with van der Waals surface area (Å²) in [5.41, 5.74) is 2.26. The van der Waals surface area contributed by atoms with Gasteiger partial charge in [-0.1, -0.05) is 6.07 Å². The molecular formula is C19H25N3O3. The molecule has 6 nitrogen and oxygen atoms in total. The van der Waals surface area contributed by atoms with Crippen molar-refractivity contribution in [2.24, 2.45) is 0 Å². The number of likely N-dealkylation sites (N-methyl/N-ethyl adjacent to an activating group) is 1. The first kappa shape index (κ1) is 18.7. The Bertz CT molecular complexity index is 677. The zero-order valence-corrected chi connectivity index (χ0v) is 14.9. The van der Waals surface area contributed by atoms with E-state index in [0.29, 0.717) is 24.6 Å². The van der Waals surface area contributed by atoms with E-state index in [1.807, 2.05) is 37.3 Å². The number of hydrogen-bond donors (Lipinski definition) is 2. The van der Waals surface area contributed by atoms with Gasteiger partial charge >= 0.3 is 0 Å². The predicted octanol–water partition coefficient (Wildman–Crippen LogP) is 2.46. The van der Waals surface area contributed by atoms with Crippen molar-refractivity contribution in [1.29, 1.82) is 0 Å². The molecule has 6 heteroatoms. The number of amides is 1. The maximum Gasteiger partial charge on any atom is 0.257 e. The molecule has 0 saturated carbocycles. The quantitative estimate of drug-likeness (QED) is 0.732. The summed E-state index contributed by atoms with van der Waals surface area (Å²) in [7, 11) is 1.59. The van der Waals surface area contributed by atoms with Crippen LogP contribution < -0.4 is 20.1 Å². The Morgan fingerprint density at radius 2 is 1.96 bits per heavy atom. The van der Waals surface area contributed by atoms with Crippen molar-refractivity contribution in [3.05, 3.63) is 53.9 Å². The molecule has 1 unspecified atom stereocenters. The van der Waals surface area contributed by atoms with Gasteiger partial charge in [0.2, 0.25) is 0 Å². The van der Waals surface area contributed by atoms with Gasteiger partial charge in [0, 0.05) is 31.5 Å². The number of rotatable bonds is 9. The molecule has 2 aromatic rings. The summed E-state index contributed by atoms with van der Waals surface area (Å²) < 4.78 is 10.9. The van der Waals surface area contributed by atoms with Gasteiger partial charge in [-0.2, -0.15) is 0 Å². The lowest BCUT2D eigenvalue weighted by Crippen LogP contribution is -2.28. The van der Waals surface area contributed by atoms with Crippen LogP contribution in [0.3, 0.4) is 0 Å². The van der Waals surface area contributed by atoms with Crippen molar-refractivity contribution in [2.75, 3.05) is 20.3 Å². The van der Waals surface area contributed by atoms with Gasteiger partial charge in [0.15, 0.2) is 18.1 Å². The summed E-state index contributed by atoms with van der Waals surface area (Å²) in [6.45, 7) is 5.22. The highest BCUT2D eigenvalue weighted by Crippen LogP contribution is 2.28. The molecule has 0 fully saturated rings. The van der Waals surface area contributed by atoms with Gasteiger partial charge < -0.3 is 20.1 Å². The van der Waals surface area contributed by atoms with E-state index in [9.17, 15) is 4.79 Å². The molecule has 1 amide bonds. The van der Waals surface area contributed by atoms with Crippen LogP contribution in [0.15, 0.2) is 42.7 Å². The SMILES string of the molecule is CCNC(=O)COc1ccc(CNC(C)c2ccncc2)cc1OC. The summed E-state index contributed by atoms with van der Waals surface area (Å²) in [6.07, 6.45) is 3.58. The number of methoxy groups -OCH3 is 1. The standard InChI is InChI=1S/C19H25N3O3/c1-4-21-19(23)13-25-17-6-5-15(11-18(17)24-3)12-22-14(2)16-7-9-20-10-8-16/h5-11,14,22H,4,12-13H2,1-3H3,(H,21,23). The highest BCUT2D eigenvalue weighted by atomic mass is 16.5. The van der Waals surface area contributed by atoms with Crippen molar-refractivity contribution in [3.8, 4) is 11.5 Å². The fraction of sp³-hybridized carbons (Fsp3) is 0.368.